The summed E-state index contributed by atoms with van der Waals surface area (Å²) in [7, 11) is -14.4. The Morgan fingerprint density at radius 3 is 1.47 bits per heavy atom. The van der Waals surface area contributed by atoms with Crippen LogP contribution in [-0.2, 0) is 58.5 Å². The fourth-order valence-corrected chi connectivity index (χ4v) is 9.16. The number of nitrogens with zero attached hydrogens (tertiary/aromatic N) is 6. The molecule has 0 radical (unpaired) electrons. The van der Waals surface area contributed by atoms with E-state index in [0.29, 0.717) is 47.4 Å². The average molecular weight is 1150 g/mol. The average Bonchev–Trinajstić information content (AvgIpc) is 3.30. The molecule has 0 aliphatic carbocycles. The fourth-order valence-electron chi connectivity index (χ4n) is 5.98. The van der Waals surface area contributed by atoms with Gasteiger partial charge in [-0.3, -0.25) is 13.7 Å². The summed E-state index contributed by atoms with van der Waals surface area (Å²) in [5.74, 6) is -0.665. The first kappa shape index (κ1) is 57.1. The summed E-state index contributed by atoms with van der Waals surface area (Å²) in [6.07, 6.45) is 2.80. The summed E-state index contributed by atoms with van der Waals surface area (Å²) >= 11 is 1.51. The molecule has 12 N–H and O–H groups in total. The second-order valence-corrected chi connectivity index (χ2v) is 21.4. The van der Waals surface area contributed by atoms with E-state index in [9.17, 15) is 38.9 Å². The van der Waals surface area contributed by atoms with Crippen LogP contribution >= 0.6 is 36.1 Å². The molecule has 0 saturated carbocycles. The van der Waals surface area contributed by atoms with Crippen molar-refractivity contribution in [2.45, 2.75) is 69.2 Å². The van der Waals surface area contributed by atoms with Crippen LogP contribution < -0.4 is 31.9 Å². The molecule has 0 fully saturated rings. The van der Waals surface area contributed by atoms with E-state index in [1.54, 1.807) is 39.8 Å². The van der Waals surface area contributed by atoms with E-state index in [2.05, 4.69) is 85.6 Å². The molecule has 0 atom stereocenters. The first-order chi connectivity index (χ1) is 35.0. The Hall–Kier alpha value is -6.14. The maximum atomic E-state index is 12.8. The molecule has 0 unspecified atom stereocenters. The first-order valence-corrected chi connectivity index (χ1v) is 26.8. The van der Waals surface area contributed by atoms with Gasteiger partial charge in [-0.1, -0.05) is 39.4 Å². The molecule has 0 spiro atoms. The minimum absolute atomic E-state index is 0.00477. The normalized spacial score (nSPS) is 12.1. The molecular weight excluding hydrogens is 1100 g/mol. The third-order valence-electron chi connectivity index (χ3n) is 8.81. The molecule has 0 amide bonds. The summed E-state index contributed by atoms with van der Waals surface area (Å²) in [5, 5.41) is 54.7. The molecule has 74 heavy (non-hydrogen) atoms. The number of hydrogen-bond donors (Lipinski definition) is 12. The van der Waals surface area contributed by atoms with Crippen molar-refractivity contribution in [3.8, 4) is 0 Å². The van der Waals surface area contributed by atoms with Crippen LogP contribution in [0.2, 0.25) is 0 Å². The van der Waals surface area contributed by atoms with E-state index in [1.807, 2.05) is 0 Å². The van der Waals surface area contributed by atoms with Gasteiger partial charge in [-0.05, 0) is 99.5 Å². The minimum Gasteiger partial charge on any atom is -0.352 e. The van der Waals surface area contributed by atoms with Crippen LogP contribution in [0, 0.1) is 0 Å². The maximum absolute atomic E-state index is 12.8. The Morgan fingerprint density at radius 2 is 0.946 bits per heavy atom. The maximum Gasteiger partial charge on any atom is 0.296 e. The lowest BCUT2D eigenvalue weighted by atomic mass is 10.1. The van der Waals surface area contributed by atoms with Crippen LogP contribution in [0.3, 0.4) is 0 Å². The van der Waals surface area contributed by atoms with Crippen LogP contribution in [0.25, 0.3) is 12.2 Å². The van der Waals surface area contributed by atoms with Crippen LogP contribution in [0.15, 0.2) is 102 Å². The van der Waals surface area contributed by atoms with Gasteiger partial charge in [0.1, 0.15) is 9.79 Å². The number of rotatable bonds is 26. The highest BCUT2D eigenvalue weighted by atomic mass is 32.2. The lowest BCUT2D eigenvalue weighted by Crippen LogP contribution is -2.15. The molecule has 6 aromatic rings. The lowest BCUT2D eigenvalue weighted by molar-refractivity contribution is -0.432. The molecule has 0 aliphatic heterocycles. The third kappa shape index (κ3) is 16.7. The number of benzene rings is 4. The topological polar surface area (TPSA) is 429 Å². The van der Waals surface area contributed by atoms with Gasteiger partial charge < -0.3 is 31.9 Å². The van der Waals surface area contributed by atoms with Crippen molar-refractivity contribution in [2.24, 2.45) is 0 Å². The minimum atomic E-state index is -4.94. The van der Waals surface area contributed by atoms with Gasteiger partial charge in [0.25, 0.3) is 30.4 Å². The summed E-state index contributed by atoms with van der Waals surface area (Å²) in [4.78, 5) is 24.9. The molecule has 0 saturated heterocycles. The molecule has 2 heterocycles. The number of aromatic nitrogens is 6. The van der Waals surface area contributed by atoms with E-state index < -0.39 is 45.0 Å². The fraction of sp³-hybridized carbons (Fsp3) is 0.158. The van der Waals surface area contributed by atoms with Crippen molar-refractivity contribution in [3.63, 3.8) is 0 Å². The van der Waals surface area contributed by atoms with E-state index in [1.165, 1.54) is 48.6 Å². The quantitative estimate of drug-likeness (QED) is 0.00807. The Balaban J connectivity index is 1.30. The largest absolute Gasteiger partial charge is 0.352 e. The highest BCUT2D eigenvalue weighted by molar-refractivity contribution is 7.95. The van der Waals surface area contributed by atoms with Crippen molar-refractivity contribution in [2.75, 3.05) is 31.9 Å². The second kappa shape index (κ2) is 25.4. The van der Waals surface area contributed by atoms with Crippen molar-refractivity contribution < 1.29 is 82.8 Å². The van der Waals surface area contributed by atoms with E-state index in [4.69, 9.17) is 20.1 Å². The number of nitrogens with one attached hydrogen (secondary N) is 6. The van der Waals surface area contributed by atoms with Crippen LogP contribution in [0.4, 0.5) is 58.4 Å². The Bertz CT molecular complexity index is 3350. The SMILES string of the molecule is CC(C)Nc1nc(Nc2ccc(/C=C/c3ccc(Nc4nc(Nc5cc(SOOO)ccc5S(=O)(=O)O)nc(NC(C)C)n4)cc3SOOO)c(S(=O)(=O)O)c2)nc(Nc2cc(S(=O)(=O)O)ccc2SOOO)n1. The van der Waals surface area contributed by atoms with Gasteiger partial charge in [0.15, 0.2) is 0 Å². The van der Waals surface area contributed by atoms with E-state index in [-0.39, 0.29) is 85.1 Å². The van der Waals surface area contributed by atoms with Crippen LogP contribution in [-0.4, -0.2) is 96.7 Å². The molecule has 36 heteroatoms. The summed E-state index contributed by atoms with van der Waals surface area (Å²) in [6.45, 7) is 7.17. The predicted octanol–water partition coefficient (Wildman–Crippen LogP) is 7.87. The molecule has 6 rings (SSSR count). The second-order valence-electron chi connectivity index (χ2n) is 15.0. The zero-order valence-corrected chi connectivity index (χ0v) is 42.9. The van der Waals surface area contributed by atoms with Gasteiger partial charge in [0, 0.05) is 33.2 Å². The van der Waals surface area contributed by atoms with E-state index in [0.717, 1.165) is 24.3 Å². The molecular formula is C38H40N12O18S6. The Morgan fingerprint density at radius 1 is 0.473 bits per heavy atom. The summed E-state index contributed by atoms with van der Waals surface area (Å²) in [5.41, 5.74) is 0.447. The van der Waals surface area contributed by atoms with Gasteiger partial charge in [0.05, 0.1) is 57.3 Å². The Labute approximate surface area is 432 Å². The Kier molecular flexibility index (Phi) is 19.6. The van der Waals surface area contributed by atoms with Gasteiger partial charge in [-0.2, -0.15) is 55.2 Å². The highest BCUT2D eigenvalue weighted by Gasteiger charge is 2.21. The molecule has 396 valence electrons. The molecule has 0 bridgehead atoms. The number of hydrogen-bond acceptors (Lipinski definition) is 30. The van der Waals surface area contributed by atoms with Gasteiger partial charge in [-0.25, -0.2) is 15.8 Å². The molecule has 0 aliphatic rings. The summed E-state index contributed by atoms with van der Waals surface area (Å²) in [6, 6.07) is 14.9. The van der Waals surface area contributed by atoms with Crippen molar-refractivity contribution >= 4 is 137 Å². The van der Waals surface area contributed by atoms with Gasteiger partial charge in [-0.15, -0.1) is 13.0 Å². The molecule has 2 aromatic heterocycles. The highest BCUT2D eigenvalue weighted by Crippen LogP contribution is 2.35. The van der Waals surface area contributed by atoms with Crippen molar-refractivity contribution in [1.29, 1.82) is 0 Å². The molecule has 4 aromatic carbocycles. The van der Waals surface area contributed by atoms with E-state index >= 15 is 0 Å². The lowest BCUT2D eigenvalue weighted by Gasteiger charge is -2.15. The molecule has 30 nitrogen and oxygen atoms in total. The zero-order valence-electron chi connectivity index (χ0n) is 38.0. The standard InChI is InChI=1S/C38H40N12O18S6/c1-19(2)39-33-46-36(49-37(47-33)43-27-18-26(72(54,55)56)12-13-29(27)70-67-64-52)42-24-10-8-22(32(16-24)74(60,61)62)6-5-21-7-9-23(15-30(21)71-68-65-53)41-35-45-34(40-20(3)4)48-38(50-35)44-28-17-25(69-66-63-51)11-14-31(28)73(57,58)59/h5-20,51-53H,1-4H3,(H,54,55,56)(H,57,58,59)(H,60,61,62)(H3,39,42,43,46,47,49)(H3,40,41,44,45,48,50)/b6-5+. The first-order valence-electron chi connectivity index (χ1n) is 20.3. The number of anilines is 10. The van der Waals surface area contributed by atoms with Crippen molar-refractivity contribution in [3.05, 3.63) is 83.9 Å². The monoisotopic (exact) mass is 1140 g/mol. The van der Waals surface area contributed by atoms with Crippen LogP contribution in [0.5, 0.6) is 0 Å². The summed E-state index contributed by atoms with van der Waals surface area (Å²) < 4.78 is 118. The van der Waals surface area contributed by atoms with Gasteiger partial charge >= 0.3 is 0 Å². The van der Waals surface area contributed by atoms with Gasteiger partial charge in [0.2, 0.25) is 35.7 Å². The smallest absolute Gasteiger partial charge is 0.296 e. The zero-order chi connectivity index (χ0) is 53.8. The van der Waals surface area contributed by atoms with Crippen LogP contribution in [0.1, 0.15) is 38.8 Å². The third-order valence-corrected chi connectivity index (χ3v) is 13.4. The van der Waals surface area contributed by atoms with Crippen molar-refractivity contribution in [1.82, 2.24) is 29.9 Å². The predicted molar refractivity (Wildman–Crippen MR) is 266 cm³/mol.